The number of hydrogen-bond acceptors (Lipinski definition) is 5. The molecule has 0 bridgehead atoms. The summed E-state index contributed by atoms with van der Waals surface area (Å²) < 4.78 is 23.2. The summed E-state index contributed by atoms with van der Waals surface area (Å²) >= 11 is 0. The number of aliphatic hydroxyl groups is 1. The first-order chi connectivity index (χ1) is 12.0. The van der Waals surface area contributed by atoms with E-state index in [4.69, 9.17) is 24.1 Å². The highest BCUT2D eigenvalue weighted by atomic mass is 16.7. The van der Waals surface area contributed by atoms with Crippen LogP contribution in [0.25, 0.3) is 0 Å². The van der Waals surface area contributed by atoms with E-state index in [1.54, 1.807) is 0 Å². The highest BCUT2D eigenvalue weighted by Crippen LogP contribution is 2.35. The van der Waals surface area contributed by atoms with Crippen molar-refractivity contribution in [3.8, 4) is 0 Å². The number of aliphatic hydroxyl groups excluding tert-OH is 1. The molecule has 0 spiro atoms. The third-order valence-electron chi connectivity index (χ3n) is 4.35. The standard InChI is InChI=1S/C20H32O5/c1-16(14-23-17(2)12-21)13-22-11-7-10-20(3)24-15-19(25-20)18-8-5-4-6-9-18/h4-6,8-9,16-17,19,21H,7,10-15H2,1-3H3. The third-order valence-corrected chi connectivity index (χ3v) is 4.35. The highest BCUT2D eigenvalue weighted by molar-refractivity contribution is 5.18. The molecule has 1 fully saturated rings. The fraction of sp³-hybridized carbons (Fsp3) is 0.700. The van der Waals surface area contributed by atoms with Gasteiger partial charge in [0.2, 0.25) is 0 Å². The Morgan fingerprint density at radius 2 is 2.00 bits per heavy atom. The molecule has 142 valence electrons. The molecule has 0 aromatic heterocycles. The van der Waals surface area contributed by atoms with Crippen molar-refractivity contribution in [2.45, 2.75) is 51.6 Å². The molecule has 1 heterocycles. The number of ether oxygens (including phenoxy) is 4. The van der Waals surface area contributed by atoms with Gasteiger partial charge in [-0.2, -0.15) is 0 Å². The zero-order valence-electron chi connectivity index (χ0n) is 15.6. The predicted octanol–water partition coefficient (Wildman–Crippen LogP) is 3.32. The van der Waals surface area contributed by atoms with E-state index in [9.17, 15) is 0 Å². The van der Waals surface area contributed by atoms with Crippen LogP contribution in [-0.2, 0) is 18.9 Å². The minimum absolute atomic E-state index is 0.0119. The maximum absolute atomic E-state index is 8.93. The van der Waals surface area contributed by atoms with Crippen LogP contribution in [-0.4, -0.2) is 50.0 Å². The first-order valence-electron chi connectivity index (χ1n) is 9.19. The van der Waals surface area contributed by atoms with Gasteiger partial charge in [0.1, 0.15) is 6.10 Å². The summed E-state index contributed by atoms with van der Waals surface area (Å²) in [4.78, 5) is 0. The van der Waals surface area contributed by atoms with Gasteiger partial charge in [-0.3, -0.25) is 0 Å². The maximum Gasteiger partial charge on any atom is 0.166 e. The lowest BCUT2D eigenvalue weighted by Gasteiger charge is -2.23. The molecule has 1 aliphatic heterocycles. The molecule has 0 amide bonds. The summed E-state index contributed by atoms with van der Waals surface area (Å²) in [5, 5.41) is 8.93. The first-order valence-corrected chi connectivity index (χ1v) is 9.19. The van der Waals surface area contributed by atoms with E-state index in [0.29, 0.717) is 32.3 Å². The molecule has 0 aliphatic carbocycles. The molecular weight excluding hydrogens is 320 g/mol. The van der Waals surface area contributed by atoms with Crippen molar-refractivity contribution in [1.29, 1.82) is 0 Å². The number of benzene rings is 1. The molecule has 0 radical (unpaired) electrons. The van der Waals surface area contributed by atoms with Crippen LogP contribution in [0.2, 0.25) is 0 Å². The molecule has 0 saturated carbocycles. The zero-order valence-corrected chi connectivity index (χ0v) is 15.6. The summed E-state index contributed by atoms with van der Waals surface area (Å²) in [5.74, 6) is -0.221. The van der Waals surface area contributed by atoms with Gasteiger partial charge in [0, 0.05) is 18.9 Å². The fourth-order valence-electron chi connectivity index (χ4n) is 2.79. The van der Waals surface area contributed by atoms with Gasteiger partial charge >= 0.3 is 0 Å². The van der Waals surface area contributed by atoms with Crippen molar-refractivity contribution in [3.05, 3.63) is 35.9 Å². The summed E-state index contributed by atoms with van der Waals surface area (Å²) in [6.45, 7) is 8.53. The monoisotopic (exact) mass is 352 g/mol. The van der Waals surface area contributed by atoms with Crippen molar-refractivity contribution in [2.24, 2.45) is 5.92 Å². The van der Waals surface area contributed by atoms with Crippen LogP contribution in [0.1, 0.15) is 45.3 Å². The van der Waals surface area contributed by atoms with E-state index >= 15 is 0 Å². The van der Waals surface area contributed by atoms with E-state index < -0.39 is 5.79 Å². The maximum atomic E-state index is 8.93. The van der Waals surface area contributed by atoms with Crippen LogP contribution in [0, 0.1) is 5.92 Å². The van der Waals surface area contributed by atoms with Crippen LogP contribution < -0.4 is 0 Å². The molecule has 4 atom stereocenters. The largest absolute Gasteiger partial charge is 0.394 e. The smallest absolute Gasteiger partial charge is 0.166 e. The molecule has 1 N–H and O–H groups in total. The van der Waals surface area contributed by atoms with Crippen LogP contribution in [0.15, 0.2) is 30.3 Å². The molecule has 1 aromatic carbocycles. The molecule has 25 heavy (non-hydrogen) atoms. The summed E-state index contributed by atoms with van der Waals surface area (Å²) in [6, 6.07) is 10.2. The van der Waals surface area contributed by atoms with Crippen LogP contribution in [0.4, 0.5) is 0 Å². The summed E-state index contributed by atoms with van der Waals surface area (Å²) in [7, 11) is 0. The Balaban J connectivity index is 1.59. The van der Waals surface area contributed by atoms with Crippen molar-refractivity contribution in [3.63, 3.8) is 0 Å². The molecular formula is C20H32O5. The molecule has 5 heteroatoms. The van der Waals surface area contributed by atoms with Crippen molar-refractivity contribution >= 4 is 0 Å². The Hall–Kier alpha value is -0.980. The molecule has 1 saturated heterocycles. The van der Waals surface area contributed by atoms with Gasteiger partial charge in [-0.1, -0.05) is 37.3 Å². The van der Waals surface area contributed by atoms with Gasteiger partial charge in [-0.05, 0) is 25.8 Å². The van der Waals surface area contributed by atoms with Crippen molar-refractivity contribution in [1.82, 2.24) is 0 Å². The van der Waals surface area contributed by atoms with E-state index in [0.717, 1.165) is 18.4 Å². The third kappa shape index (κ3) is 7.04. The topological polar surface area (TPSA) is 57.2 Å². The van der Waals surface area contributed by atoms with Gasteiger partial charge in [-0.25, -0.2) is 0 Å². The summed E-state index contributed by atoms with van der Waals surface area (Å²) in [6.07, 6.45) is 1.59. The van der Waals surface area contributed by atoms with Crippen molar-refractivity contribution < 1.29 is 24.1 Å². The molecule has 1 aliphatic rings. The molecule has 1 aromatic rings. The Labute approximate surface area is 151 Å². The highest BCUT2D eigenvalue weighted by Gasteiger charge is 2.37. The van der Waals surface area contributed by atoms with Gasteiger partial charge in [0.05, 0.1) is 32.5 Å². The second-order valence-corrected chi connectivity index (χ2v) is 7.07. The fourth-order valence-corrected chi connectivity index (χ4v) is 2.79. The molecule has 5 nitrogen and oxygen atoms in total. The van der Waals surface area contributed by atoms with Gasteiger partial charge < -0.3 is 24.1 Å². The Bertz CT molecular complexity index is 480. The number of rotatable bonds is 11. The van der Waals surface area contributed by atoms with Crippen LogP contribution in [0.3, 0.4) is 0 Å². The second-order valence-electron chi connectivity index (χ2n) is 7.07. The number of hydrogen-bond donors (Lipinski definition) is 1. The lowest BCUT2D eigenvalue weighted by atomic mass is 10.1. The zero-order chi connectivity index (χ0) is 18.1. The van der Waals surface area contributed by atoms with E-state index in [1.165, 1.54) is 0 Å². The Morgan fingerprint density at radius 1 is 1.24 bits per heavy atom. The minimum Gasteiger partial charge on any atom is -0.394 e. The molecule has 4 unspecified atom stereocenters. The average Bonchev–Trinajstić information content (AvgIpc) is 3.02. The summed E-state index contributed by atoms with van der Waals surface area (Å²) in [5.41, 5.74) is 1.16. The Morgan fingerprint density at radius 3 is 2.72 bits per heavy atom. The van der Waals surface area contributed by atoms with Gasteiger partial charge in [-0.15, -0.1) is 0 Å². The minimum atomic E-state index is -0.533. The quantitative estimate of drug-likeness (QED) is 0.619. The average molecular weight is 352 g/mol. The Kier molecular flexibility index (Phi) is 8.33. The SMILES string of the molecule is CC(COCCCC1(C)OCC(c2ccccc2)O1)COC(C)CO. The van der Waals surface area contributed by atoms with Gasteiger partial charge in [0.25, 0.3) is 0 Å². The van der Waals surface area contributed by atoms with Crippen LogP contribution in [0.5, 0.6) is 0 Å². The first kappa shape index (κ1) is 20.3. The molecule has 2 rings (SSSR count). The van der Waals surface area contributed by atoms with E-state index in [-0.39, 0.29) is 18.8 Å². The van der Waals surface area contributed by atoms with Crippen LogP contribution >= 0.6 is 0 Å². The van der Waals surface area contributed by atoms with Gasteiger partial charge in [0.15, 0.2) is 5.79 Å². The van der Waals surface area contributed by atoms with Crippen molar-refractivity contribution in [2.75, 3.05) is 33.0 Å². The predicted molar refractivity (Wildman–Crippen MR) is 96.3 cm³/mol. The lowest BCUT2D eigenvalue weighted by molar-refractivity contribution is -0.161. The lowest BCUT2D eigenvalue weighted by Crippen LogP contribution is -2.26. The van der Waals surface area contributed by atoms with E-state index in [1.807, 2.05) is 32.0 Å². The van der Waals surface area contributed by atoms with E-state index in [2.05, 4.69) is 19.1 Å². The normalized spacial score (nSPS) is 25.8. The second kappa shape index (κ2) is 10.2.